The van der Waals surface area contributed by atoms with Gasteiger partial charge in [-0.25, -0.2) is 4.39 Å². The number of carbonyl (C=O) groups excluding carboxylic acids is 1. The van der Waals surface area contributed by atoms with E-state index in [1.165, 1.54) is 11.0 Å². The monoisotopic (exact) mass is 236 g/mol. The van der Waals surface area contributed by atoms with Crippen molar-refractivity contribution >= 4 is 11.6 Å². The highest BCUT2D eigenvalue weighted by molar-refractivity contribution is 5.96. The van der Waals surface area contributed by atoms with Gasteiger partial charge >= 0.3 is 0 Å². The van der Waals surface area contributed by atoms with Gasteiger partial charge in [0.15, 0.2) is 0 Å². The Kier molecular flexibility index (Phi) is 3.74. The van der Waals surface area contributed by atoms with E-state index in [2.05, 4.69) is 5.32 Å². The third-order valence-corrected chi connectivity index (χ3v) is 3.15. The molecule has 0 aromatic heterocycles. The fourth-order valence-electron chi connectivity index (χ4n) is 2.14. The topological polar surface area (TPSA) is 32.3 Å². The second-order valence-corrected chi connectivity index (χ2v) is 4.35. The zero-order chi connectivity index (χ0) is 12.3. The van der Waals surface area contributed by atoms with Crippen LogP contribution >= 0.6 is 0 Å². The molecule has 1 fully saturated rings. The lowest BCUT2D eigenvalue weighted by Crippen LogP contribution is -2.47. The molecule has 4 heteroatoms. The lowest BCUT2D eigenvalue weighted by molar-refractivity contribution is -0.120. The van der Waals surface area contributed by atoms with Gasteiger partial charge in [-0.1, -0.05) is 18.6 Å². The smallest absolute Gasteiger partial charge is 0.243 e. The van der Waals surface area contributed by atoms with Crippen LogP contribution in [-0.4, -0.2) is 25.5 Å². The molecule has 92 valence electrons. The molecule has 1 aliphatic rings. The highest BCUT2D eigenvalue weighted by atomic mass is 19.1. The Morgan fingerprint density at radius 2 is 2.18 bits per heavy atom. The molecule has 1 aromatic rings. The second-order valence-electron chi connectivity index (χ2n) is 4.35. The molecule has 1 heterocycles. The van der Waals surface area contributed by atoms with Crippen LogP contribution in [0.2, 0.25) is 0 Å². The first-order valence-electron chi connectivity index (χ1n) is 5.95. The number of carbonyl (C=O) groups is 1. The largest absolute Gasteiger partial charge is 0.311 e. The standard InChI is InChI=1S/C13H17FN2O/c1-16(12-8-3-2-6-10(12)14)13(17)11-7-4-5-9-15-11/h2-3,6,8,11,15H,4-5,7,9H2,1H3/t11-/m0/s1. The van der Waals surface area contributed by atoms with E-state index in [9.17, 15) is 9.18 Å². The molecule has 2 rings (SSSR count). The molecule has 0 spiro atoms. The van der Waals surface area contributed by atoms with Crippen molar-refractivity contribution < 1.29 is 9.18 Å². The number of rotatable bonds is 2. The Bertz CT molecular complexity index is 402. The van der Waals surface area contributed by atoms with Gasteiger partial charge in [0, 0.05) is 7.05 Å². The van der Waals surface area contributed by atoms with E-state index >= 15 is 0 Å². The Morgan fingerprint density at radius 3 is 2.82 bits per heavy atom. The van der Waals surface area contributed by atoms with Gasteiger partial charge in [0.2, 0.25) is 5.91 Å². The van der Waals surface area contributed by atoms with Crippen molar-refractivity contribution in [3.05, 3.63) is 30.1 Å². The van der Waals surface area contributed by atoms with Crippen molar-refractivity contribution in [2.45, 2.75) is 25.3 Å². The summed E-state index contributed by atoms with van der Waals surface area (Å²) in [5.74, 6) is -0.422. The Labute approximate surface area is 101 Å². The minimum atomic E-state index is -0.362. The van der Waals surface area contributed by atoms with Crippen molar-refractivity contribution in [3.63, 3.8) is 0 Å². The molecule has 17 heavy (non-hydrogen) atoms. The first-order chi connectivity index (χ1) is 8.20. The highest BCUT2D eigenvalue weighted by Crippen LogP contribution is 2.19. The van der Waals surface area contributed by atoms with Gasteiger partial charge in [-0.2, -0.15) is 0 Å². The van der Waals surface area contributed by atoms with Gasteiger partial charge < -0.3 is 10.2 Å². The number of halogens is 1. The number of para-hydroxylation sites is 1. The van der Waals surface area contributed by atoms with Gasteiger partial charge in [-0.05, 0) is 31.5 Å². The molecule has 0 aliphatic carbocycles. The third kappa shape index (κ3) is 2.64. The fourth-order valence-corrected chi connectivity index (χ4v) is 2.14. The maximum absolute atomic E-state index is 13.6. The van der Waals surface area contributed by atoms with Gasteiger partial charge in [0.25, 0.3) is 0 Å². The SMILES string of the molecule is CN(C(=O)[C@@H]1CCCCN1)c1ccccc1F. The summed E-state index contributed by atoms with van der Waals surface area (Å²) in [6.07, 6.45) is 2.99. The molecule has 1 N–H and O–H groups in total. The summed E-state index contributed by atoms with van der Waals surface area (Å²) >= 11 is 0. The maximum Gasteiger partial charge on any atom is 0.243 e. The fraction of sp³-hybridized carbons (Fsp3) is 0.462. The summed E-state index contributed by atoms with van der Waals surface area (Å²) in [5.41, 5.74) is 0.338. The summed E-state index contributed by atoms with van der Waals surface area (Å²) in [4.78, 5) is 13.5. The normalized spacial score (nSPS) is 20.0. The van der Waals surface area contributed by atoms with Gasteiger partial charge in [-0.3, -0.25) is 4.79 Å². The molecule has 3 nitrogen and oxygen atoms in total. The zero-order valence-corrected chi connectivity index (χ0v) is 9.95. The summed E-state index contributed by atoms with van der Waals surface area (Å²) in [5, 5.41) is 3.18. The summed E-state index contributed by atoms with van der Waals surface area (Å²) in [7, 11) is 1.62. The number of nitrogens with zero attached hydrogens (tertiary/aromatic N) is 1. The van der Waals surface area contributed by atoms with Crippen LogP contribution < -0.4 is 10.2 Å². The Hall–Kier alpha value is -1.42. The Balaban J connectivity index is 2.11. The average Bonchev–Trinajstić information content (AvgIpc) is 2.39. The number of amides is 1. The first kappa shape index (κ1) is 12.0. The summed E-state index contributed by atoms with van der Waals surface area (Å²) in [6, 6.07) is 6.17. The van der Waals surface area contributed by atoms with Crippen LogP contribution in [0, 0.1) is 5.82 Å². The van der Waals surface area contributed by atoms with Crippen LogP contribution in [0.25, 0.3) is 0 Å². The van der Waals surface area contributed by atoms with E-state index in [0.29, 0.717) is 5.69 Å². The number of piperidine rings is 1. The van der Waals surface area contributed by atoms with Crippen LogP contribution in [-0.2, 0) is 4.79 Å². The molecule has 0 radical (unpaired) electrons. The lowest BCUT2D eigenvalue weighted by Gasteiger charge is -2.27. The van der Waals surface area contributed by atoms with E-state index in [1.54, 1.807) is 25.2 Å². The zero-order valence-electron chi connectivity index (χ0n) is 9.95. The average molecular weight is 236 g/mol. The predicted octanol–water partition coefficient (Wildman–Crippen LogP) is 1.93. The molecule has 1 amide bonds. The number of hydrogen-bond donors (Lipinski definition) is 1. The second kappa shape index (κ2) is 5.27. The van der Waals surface area contributed by atoms with Crippen LogP contribution in [0.3, 0.4) is 0 Å². The molecule has 1 atom stereocenters. The van der Waals surface area contributed by atoms with Gasteiger partial charge in [-0.15, -0.1) is 0 Å². The lowest BCUT2D eigenvalue weighted by atomic mass is 10.0. The highest BCUT2D eigenvalue weighted by Gasteiger charge is 2.25. The third-order valence-electron chi connectivity index (χ3n) is 3.15. The molecular formula is C13H17FN2O. The Morgan fingerprint density at radius 1 is 1.41 bits per heavy atom. The van der Waals surface area contributed by atoms with Crippen LogP contribution in [0.1, 0.15) is 19.3 Å². The first-order valence-corrected chi connectivity index (χ1v) is 5.95. The van der Waals surface area contributed by atoms with Crippen molar-refractivity contribution in [2.75, 3.05) is 18.5 Å². The van der Waals surface area contributed by atoms with Crippen molar-refractivity contribution in [3.8, 4) is 0 Å². The number of anilines is 1. The molecule has 0 unspecified atom stereocenters. The van der Waals surface area contributed by atoms with E-state index < -0.39 is 0 Å². The number of benzene rings is 1. The molecule has 1 aromatic carbocycles. The number of likely N-dealkylation sites (N-methyl/N-ethyl adjacent to an activating group) is 1. The minimum absolute atomic E-state index is 0.0604. The van der Waals surface area contributed by atoms with E-state index in [0.717, 1.165) is 25.8 Å². The molecule has 0 saturated carbocycles. The van der Waals surface area contributed by atoms with Gasteiger partial charge in [0.05, 0.1) is 11.7 Å². The number of hydrogen-bond acceptors (Lipinski definition) is 2. The maximum atomic E-state index is 13.6. The van der Waals surface area contributed by atoms with E-state index in [4.69, 9.17) is 0 Å². The van der Waals surface area contributed by atoms with Crippen LogP contribution in [0.4, 0.5) is 10.1 Å². The predicted molar refractivity (Wildman–Crippen MR) is 65.5 cm³/mol. The quantitative estimate of drug-likeness (QED) is 0.851. The van der Waals surface area contributed by atoms with E-state index in [-0.39, 0.29) is 17.8 Å². The molecular weight excluding hydrogens is 219 g/mol. The number of nitrogens with one attached hydrogen (secondary N) is 1. The molecule has 1 aliphatic heterocycles. The van der Waals surface area contributed by atoms with Crippen LogP contribution in [0.15, 0.2) is 24.3 Å². The van der Waals surface area contributed by atoms with E-state index in [1.807, 2.05) is 0 Å². The van der Waals surface area contributed by atoms with Crippen molar-refractivity contribution in [2.24, 2.45) is 0 Å². The van der Waals surface area contributed by atoms with Crippen molar-refractivity contribution in [1.29, 1.82) is 0 Å². The van der Waals surface area contributed by atoms with Crippen molar-refractivity contribution in [1.82, 2.24) is 5.32 Å². The minimum Gasteiger partial charge on any atom is -0.311 e. The van der Waals surface area contributed by atoms with Crippen LogP contribution in [0.5, 0.6) is 0 Å². The summed E-state index contributed by atoms with van der Waals surface area (Å²) < 4.78 is 13.6. The van der Waals surface area contributed by atoms with Gasteiger partial charge in [0.1, 0.15) is 5.82 Å². The molecule has 1 saturated heterocycles. The summed E-state index contributed by atoms with van der Waals surface area (Å²) in [6.45, 7) is 0.863. The molecule has 0 bridgehead atoms.